The molecule has 0 heterocycles. The summed E-state index contributed by atoms with van der Waals surface area (Å²) in [4.78, 5) is 9.33. The first-order valence-corrected chi connectivity index (χ1v) is 5.60. The summed E-state index contributed by atoms with van der Waals surface area (Å²) in [7, 11) is 0. The molecule has 2 rings (SSSR count). The Bertz CT molecular complexity index is 692. The minimum atomic E-state index is -2.26. The van der Waals surface area contributed by atoms with Crippen molar-refractivity contribution in [3.8, 4) is 5.75 Å². The molecular formula is C13H7F4NO3. The number of rotatable bonds is 4. The molecule has 0 aliphatic rings. The van der Waals surface area contributed by atoms with Crippen molar-refractivity contribution >= 4 is 5.69 Å². The second kappa shape index (κ2) is 5.78. The van der Waals surface area contributed by atoms with Crippen LogP contribution >= 0.6 is 0 Å². The van der Waals surface area contributed by atoms with E-state index in [0.29, 0.717) is 5.56 Å². The Labute approximate surface area is 115 Å². The minimum absolute atomic E-state index is 0.372. The third-order valence-electron chi connectivity index (χ3n) is 2.61. The second-order valence-electron chi connectivity index (χ2n) is 3.97. The molecule has 0 N–H and O–H groups in total. The van der Waals surface area contributed by atoms with Gasteiger partial charge in [-0.1, -0.05) is 30.3 Å². The number of hydrogen-bond acceptors (Lipinski definition) is 3. The summed E-state index contributed by atoms with van der Waals surface area (Å²) in [6.45, 7) is -0.372. The fraction of sp³-hybridized carbons (Fsp3) is 0.0769. The third kappa shape index (κ3) is 2.78. The van der Waals surface area contributed by atoms with Gasteiger partial charge in [0.25, 0.3) is 0 Å². The summed E-state index contributed by atoms with van der Waals surface area (Å²) < 4.78 is 57.8. The number of ether oxygens (including phenoxy) is 1. The standard InChI is InChI=1S/C13H7F4NO3/c14-8-9(15)11(17)13(12(10(8)16)18(19)20)21-6-7-4-2-1-3-5-7/h1-5H,6H2. The van der Waals surface area contributed by atoms with Crippen LogP contribution in [0.5, 0.6) is 5.75 Å². The highest BCUT2D eigenvalue weighted by molar-refractivity contribution is 5.49. The molecule has 0 unspecified atom stereocenters. The van der Waals surface area contributed by atoms with Crippen molar-refractivity contribution in [2.24, 2.45) is 0 Å². The van der Waals surface area contributed by atoms with E-state index in [1.54, 1.807) is 30.3 Å². The zero-order valence-electron chi connectivity index (χ0n) is 10.3. The quantitative estimate of drug-likeness (QED) is 0.284. The summed E-state index contributed by atoms with van der Waals surface area (Å²) in [5.41, 5.74) is -1.10. The van der Waals surface area contributed by atoms with E-state index in [9.17, 15) is 27.7 Å². The van der Waals surface area contributed by atoms with Crippen LogP contribution in [0, 0.1) is 33.4 Å². The van der Waals surface area contributed by atoms with Gasteiger partial charge in [0.1, 0.15) is 6.61 Å². The van der Waals surface area contributed by atoms with Gasteiger partial charge in [-0.15, -0.1) is 0 Å². The van der Waals surface area contributed by atoms with Crippen LogP contribution < -0.4 is 4.74 Å². The number of nitrogens with zero attached hydrogens (tertiary/aromatic N) is 1. The molecule has 4 nitrogen and oxygen atoms in total. The topological polar surface area (TPSA) is 52.4 Å². The Morgan fingerprint density at radius 1 is 0.952 bits per heavy atom. The maximum atomic E-state index is 13.6. The molecule has 0 atom stereocenters. The molecule has 0 radical (unpaired) electrons. The highest BCUT2D eigenvalue weighted by Gasteiger charge is 2.34. The lowest BCUT2D eigenvalue weighted by atomic mass is 10.2. The van der Waals surface area contributed by atoms with Crippen molar-refractivity contribution in [3.63, 3.8) is 0 Å². The number of hydrogen-bond donors (Lipinski definition) is 0. The first-order valence-electron chi connectivity index (χ1n) is 5.60. The molecule has 8 heteroatoms. The average Bonchev–Trinajstić information content (AvgIpc) is 2.48. The van der Waals surface area contributed by atoms with E-state index in [1.807, 2.05) is 0 Å². The molecule has 0 fully saturated rings. The van der Waals surface area contributed by atoms with Crippen LogP contribution in [-0.2, 0) is 6.61 Å². The van der Waals surface area contributed by atoms with Gasteiger partial charge in [0.15, 0.2) is 0 Å². The Balaban J connectivity index is 2.45. The molecule has 2 aromatic carbocycles. The van der Waals surface area contributed by atoms with Crippen LogP contribution in [0.1, 0.15) is 5.56 Å². The number of nitro groups is 1. The average molecular weight is 301 g/mol. The van der Waals surface area contributed by atoms with E-state index in [-0.39, 0.29) is 6.61 Å². The van der Waals surface area contributed by atoms with Gasteiger partial charge in [0.05, 0.1) is 4.92 Å². The van der Waals surface area contributed by atoms with Crippen LogP contribution in [-0.4, -0.2) is 4.92 Å². The third-order valence-corrected chi connectivity index (χ3v) is 2.61. The van der Waals surface area contributed by atoms with Crippen LogP contribution in [0.4, 0.5) is 23.2 Å². The fourth-order valence-electron chi connectivity index (χ4n) is 1.62. The summed E-state index contributed by atoms with van der Waals surface area (Å²) in [5, 5.41) is 10.7. The molecule has 0 saturated carbocycles. The van der Waals surface area contributed by atoms with Gasteiger partial charge in [0, 0.05) is 0 Å². The lowest BCUT2D eigenvalue weighted by molar-refractivity contribution is -0.389. The highest BCUT2D eigenvalue weighted by atomic mass is 19.2. The molecule has 0 saturated heterocycles. The summed E-state index contributed by atoms with van der Waals surface area (Å²) in [6, 6.07) is 8.04. The van der Waals surface area contributed by atoms with Crippen LogP contribution in [0.2, 0.25) is 0 Å². The molecule has 0 aliphatic heterocycles. The molecular weight excluding hydrogens is 294 g/mol. The lowest BCUT2D eigenvalue weighted by Gasteiger charge is -2.09. The van der Waals surface area contributed by atoms with Gasteiger partial charge in [0.2, 0.25) is 29.0 Å². The van der Waals surface area contributed by atoms with Gasteiger partial charge in [-0.2, -0.15) is 8.78 Å². The van der Waals surface area contributed by atoms with Gasteiger partial charge < -0.3 is 4.74 Å². The van der Waals surface area contributed by atoms with E-state index >= 15 is 0 Å². The molecule has 2 aromatic rings. The molecule has 0 aliphatic carbocycles. The Hall–Kier alpha value is -2.64. The van der Waals surface area contributed by atoms with Gasteiger partial charge in [-0.25, -0.2) is 8.78 Å². The largest absolute Gasteiger partial charge is 0.480 e. The van der Waals surface area contributed by atoms with E-state index in [4.69, 9.17) is 4.74 Å². The maximum absolute atomic E-state index is 13.6. The molecule has 0 spiro atoms. The van der Waals surface area contributed by atoms with Crippen LogP contribution in [0.3, 0.4) is 0 Å². The SMILES string of the molecule is O=[N+]([O-])c1c(F)c(F)c(F)c(F)c1OCc1ccccc1. The smallest absolute Gasteiger partial charge is 0.352 e. The van der Waals surface area contributed by atoms with Crippen LogP contribution in [0.15, 0.2) is 30.3 Å². The number of halogens is 4. The molecule has 0 aromatic heterocycles. The molecule has 21 heavy (non-hydrogen) atoms. The lowest BCUT2D eigenvalue weighted by Crippen LogP contribution is -2.08. The fourth-order valence-corrected chi connectivity index (χ4v) is 1.62. The molecule has 110 valence electrons. The monoisotopic (exact) mass is 301 g/mol. The normalized spacial score (nSPS) is 10.5. The van der Waals surface area contributed by atoms with E-state index < -0.39 is 39.6 Å². The number of benzene rings is 2. The van der Waals surface area contributed by atoms with Crippen molar-refractivity contribution < 1.29 is 27.2 Å². The van der Waals surface area contributed by atoms with Crippen molar-refractivity contribution in [2.75, 3.05) is 0 Å². The Morgan fingerprint density at radius 2 is 1.52 bits per heavy atom. The van der Waals surface area contributed by atoms with E-state index in [2.05, 4.69) is 0 Å². The predicted molar refractivity (Wildman–Crippen MR) is 63.7 cm³/mol. The van der Waals surface area contributed by atoms with Crippen molar-refractivity contribution in [2.45, 2.75) is 6.61 Å². The zero-order valence-corrected chi connectivity index (χ0v) is 10.3. The summed E-state index contributed by atoms with van der Waals surface area (Å²) >= 11 is 0. The van der Waals surface area contributed by atoms with Crippen LogP contribution in [0.25, 0.3) is 0 Å². The van der Waals surface area contributed by atoms with E-state index in [1.165, 1.54) is 0 Å². The molecule has 0 bridgehead atoms. The zero-order chi connectivity index (χ0) is 15.6. The first-order chi connectivity index (χ1) is 9.93. The predicted octanol–water partition coefficient (Wildman–Crippen LogP) is 3.73. The van der Waals surface area contributed by atoms with Gasteiger partial charge >= 0.3 is 5.69 Å². The number of nitro benzene ring substituents is 1. The van der Waals surface area contributed by atoms with Crippen molar-refractivity contribution in [1.82, 2.24) is 0 Å². The van der Waals surface area contributed by atoms with E-state index in [0.717, 1.165) is 0 Å². The first kappa shape index (κ1) is 14.8. The second-order valence-corrected chi connectivity index (χ2v) is 3.97. The Kier molecular flexibility index (Phi) is 4.06. The van der Waals surface area contributed by atoms with Gasteiger partial charge in [-0.3, -0.25) is 10.1 Å². The summed E-state index contributed by atoms with van der Waals surface area (Å²) in [6.07, 6.45) is 0. The molecule has 0 amide bonds. The van der Waals surface area contributed by atoms with Gasteiger partial charge in [-0.05, 0) is 5.56 Å². The maximum Gasteiger partial charge on any atom is 0.352 e. The minimum Gasteiger partial charge on any atom is -0.480 e. The van der Waals surface area contributed by atoms with Crippen molar-refractivity contribution in [3.05, 3.63) is 69.3 Å². The highest BCUT2D eigenvalue weighted by Crippen LogP contribution is 2.36. The Morgan fingerprint density at radius 3 is 2.10 bits per heavy atom. The summed E-state index contributed by atoms with van der Waals surface area (Å²) in [5.74, 6) is -9.76. The van der Waals surface area contributed by atoms with Crippen molar-refractivity contribution in [1.29, 1.82) is 0 Å².